The van der Waals surface area contributed by atoms with Crippen LogP contribution in [0.25, 0.3) is 21.3 Å². The third-order valence-electron chi connectivity index (χ3n) is 3.68. The number of hydrogen-bond acceptors (Lipinski definition) is 8. The first kappa shape index (κ1) is 18.9. The van der Waals surface area contributed by atoms with Gasteiger partial charge in [-0.3, -0.25) is 14.4 Å². The minimum atomic E-state index is -0.546. The molecule has 0 fully saturated rings. The molecule has 140 valence electrons. The van der Waals surface area contributed by atoms with Crippen molar-refractivity contribution < 1.29 is 14.3 Å². The number of ether oxygens (including phenoxy) is 1. The molecule has 3 aromatic rings. The highest BCUT2D eigenvalue weighted by molar-refractivity contribution is 7.99. The number of nitrogens with one attached hydrogen (secondary N) is 1. The van der Waals surface area contributed by atoms with Gasteiger partial charge in [-0.25, -0.2) is 9.66 Å². The Labute approximate surface area is 162 Å². The minimum Gasteiger partial charge on any atom is -0.468 e. The van der Waals surface area contributed by atoms with Crippen LogP contribution in [-0.4, -0.2) is 40.9 Å². The standard InChI is InChI=1S/C17H16N4O4S2/c1-25-13(23)7-19-12(22)9-27-17-20-15-14(16(24)21(17)18)11(8-26-15)10-5-3-2-4-6-10/h2-6,8H,7,9,18H2,1H3,(H,19,22). The number of thioether (sulfide) groups is 1. The Morgan fingerprint density at radius 3 is 2.78 bits per heavy atom. The number of nitrogens with zero attached hydrogens (tertiary/aromatic N) is 2. The highest BCUT2D eigenvalue weighted by atomic mass is 32.2. The number of amides is 1. The number of carbonyl (C=O) groups excluding carboxylic acids is 2. The number of methoxy groups -OCH3 is 1. The fraction of sp³-hybridized carbons (Fsp3) is 0.176. The van der Waals surface area contributed by atoms with Crippen LogP contribution in [0.15, 0.2) is 45.7 Å². The van der Waals surface area contributed by atoms with Crippen LogP contribution in [0, 0.1) is 0 Å². The number of hydrogen-bond donors (Lipinski definition) is 2. The fourth-order valence-electron chi connectivity index (χ4n) is 2.34. The normalized spacial score (nSPS) is 10.7. The van der Waals surface area contributed by atoms with E-state index in [1.165, 1.54) is 18.4 Å². The van der Waals surface area contributed by atoms with Gasteiger partial charge in [-0.15, -0.1) is 11.3 Å². The molecule has 10 heteroatoms. The molecule has 0 aliphatic rings. The fourth-order valence-corrected chi connectivity index (χ4v) is 4.08. The number of nitrogen functional groups attached to an aromatic ring is 1. The van der Waals surface area contributed by atoms with E-state index in [9.17, 15) is 14.4 Å². The molecule has 0 bridgehead atoms. The van der Waals surface area contributed by atoms with E-state index < -0.39 is 11.9 Å². The molecule has 3 N–H and O–H groups in total. The van der Waals surface area contributed by atoms with Crippen molar-refractivity contribution in [1.29, 1.82) is 0 Å². The lowest BCUT2D eigenvalue weighted by molar-refractivity contribution is -0.140. The molecule has 0 saturated heterocycles. The molecule has 1 aromatic carbocycles. The number of benzene rings is 1. The second-order valence-corrected chi connectivity index (χ2v) is 7.21. The van der Waals surface area contributed by atoms with E-state index in [-0.39, 0.29) is 23.0 Å². The van der Waals surface area contributed by atoms with Gasteiger partial charge < -0.3 is 15.9 Å². The van der Waals surface area contributed by atoms with Crippen molar-refractivity contribution in [1.82, 2.24) is 15.0 Å². The zero-order valence-corrected chi connectivity index (χ0v) is 15.9. The molecule has 1 amide bonds. The van der Waals surface area contributed by atoms with Crippen LogP contribution >= 0.6 is 23.1 Å². The molecule has 3 rings (SSSR count). The molecule has 0 aliphatic carbocycles. The van der Waals surface area contributed by atoms with Gasteiger partial charge in [0.05, 0.1) is 18.2 Å². The molecular weight excluding hydrogens is 388 g/mol. The Kier molecular flexibility index (Phi) is 5.77. The van der Waals surface area contributed by atoms with Gasteiger partial charge in [-0.05, 0) is 5.56 Å². The van der Waals surface area contributed by atoms with Crippen molar-refractivity contribution in [2.75, 3.05) is 25.3 Å². The summed E-state index contributed by atoms with van der Waals surface area (Å²) in [5.74, 6) is 4.93. The minimum absolute atomic E-state index is 0.0386. The zero-order valence-electron chi connectivity index (χ0n) is 14.3. The van der Waals surface area contributed by atoms with Crippen LogP contribution in [0.5, 0.6) is 0 Å². The number of fused-ring (bicyclic) bond motifs is 1. The second-order valence-electron chi connectivity index (χ2n) is 5.41. The third-order valence-corrected chi connectivity index (χ3v) is 5.51. The topological polar surface area (TPSA) is 116 Å². The smallest absolute Gasteiger partial charge is 0.325 e. The van der Waals surface area contributed by atoms with E-state index in [0.717, 1.165) is 27.6 Å². The predicted octanol–water partition coefficient (Wildman–Crippen LogP) is 1.22. The molecule has 0 aliphatic heterocycles. The second kappa shape index (κ2) is 8.23. The zero-order chi connectivity index (χ0) is 19.4. The highest BCUT2D eigenvalue weighted by Gasteiger charge is 2.17. The van der Waals surface area contributed by atoms with E-state index in [4.69, 9.17) is 5.84 Å². The molecule has 27 heavy (non-hydrogen) atoms. The Balaban J connectivity index is 1.83. The Morgan fingerprint density at radius 2 is 2.07 bits per heavy atom. The Hall–Kier alpha value is -2.85. The van der Waals surface area contributed by atoms with Gasteiger partial charge in [-0.2, -0.15) is 0 Å². The summed E-state index contributed by atoms with van der Waals surface area (Å²) in [5, 5.41) is 4.96. The van der Waals surface area contributed by atoms with Crippen LogP contribution in [0.4, 0.5) is 0 Å². The summed E-state index contributed by atoms with van der Waals surface area (Å²) in [6, 6.07) is 9.51. The van der Waals surface area contributed by atoms with Gasteiger partial charge in [0.15, 0.2) is 5.16 Å². The van der Waals surface area contributed by atoms with Crippen molar-refractivity contribution in [3.8, 4) is 11.1 Å². The summed E-state index contributed by atoms with van der Waals surface area (Å²) in [4.78, 5) is 40.5. The van der Waals surface area contributed by atoms with Crippen LogP contribution in [0.2, 0.25) is 0 Å². The average Bonchev–Trinajstić information content (AvgIpc) is 3.12. The third kappa shape index (κ3) is 4.12. The number of thiophene rings is 1. The van der Waals surface area contributed by atoms with Gasteiger partial charge in [0, 0.05) is 10.9 Å². The average molecular weight is 404 g/mol. The van der Waals surface area contributed by atoms with Crippen LogP contribution in [0.1, 0.15) is 0 Å². The molecule has 0 unspecified atom stereocenters. The first-order valence-corrected chi connectivity index (χ1v) is 9.69. The predicted molar refractivity (Wildman–Crippen MR) is 105 cm³/mol. The molecule has 2 heterocycles. The lowest BCUT2D eigenvalue weighted by Gasteiger charge is -2.08. The quantitative estimate of drug-likeness (QED) is 0.275. The van der Waals surface area contributed by atoms with E-state index in [1.54, 1.807) is 0 Å². The van der Waals surface area contributed by atoms with Gasteiger partial charge in [-0.1, -0.05) is 42.1 Å². The van der Waals surface area contributed by atoms with Crippen LogP contribution in [0.3, 0.4) is 0 Å². The summed E-state index contributed by atoms with van der Waals surface area (Å²) < 4.78 is 5.39. The lowest BCUT2D eigenvalue weighted by atomic mass is 10.1. The number of aromatic nitrogens is 2. The van der Waals surface area contributed by atoms with E-state index >= 15 is 0 Å². The summed E-state index contributed by atoms with van der Waals surface area (Å²) in [5.41, 5.74) is 1.31. The van der Waals surface area contributed by atoms with Gasteiger partial charge >= 0.3 is 5.97 Å². The van der Waals surface area contributed by atoms with Crippen molar-refractivity contribution in [3.05, 3.63) is 46.1 Å². The molecule has 0 spiro atoms. The number of rotatable bonds is 6. The lowest BCUT2D eigenvalue weighted by Crippen LogP contribution is -2.33. The SMILES string of the molecule is COC(=O)CNC(=O)CSc1nc2scc(-c3ccccc3)c2c(=O)n1N. The van der Waals surface area contributed by atoms with Crippen molar-refractivity contribution in [3.63, 3.8) is 0 Å². The molecular formula is C17H16N4O4S2. The summed E-state index contributed by atoms with van der Waals surface area (Å²) >= 11 is 2.36. The number of esters is 1. The maximum atomic E-state index is 12.7. The van der Waals surface area contributed by atoms with Crippen LogP contribution < -0.4 is 16.7 Å². The number of carbonyl (C=O) groups is 2. The maximum Gasteiger partial charge on any atom is 0.325 e. The van der Waals surface area contributed by atoms with E-state index in [1.807, 2.05) is 35.7 Å². The maximum absolute atomic E-state index is 12.7. The molecule has 0 saturated carbocycles. The van der Waals surface area contributed by atoms with Gasteiger partial charge in [0.1, 0.15) is 11.4 Å². The van der Waals surface area contributed by atoms with Crippen molar-refractivity contribution >= 4 is 45.2 Å². The number of nitrogens with two attached hydrogens (primary N) is 1. The molecule has 2 aromatic heterocycles. The van der Waals surface area contributed by atoms with Crippen molar-refractivity contribution in [2.45, 2.75) is 5.16 Å². The largest absolute Gasteiger partial charge is 0.468 e. The Bertz CT molecular complexity index is 1050. The molecule has 8 nitrogen and oxygen atoms in total. The summed E-state index contributed by atoms with van der Waals surface area (Å²) in [6.07, 6.45) is 0. The highest BCUT2D eigenvalue weighted by Crippen LogP contribution is 2.31. The molecule has 0 atom stereocenters. The summed E-state index contributed by atoms with van der Waals surface area (Å²) in [7, 11) is 1.24. The Morgan fingerprint density at radius 1 is 1.33 bits per heavy atom. The van der Waals surface area contributed by atoms with E-state index in [0.29, 0.717) is 10.2 Å². The first-order valence-electron chi connectivity index (χ1n) is 7.82. The van der Waals surface area contributed by atoms with Crippen LogP contribution in [-0.2, 0) is 14.3 Å². The molecule has 0 radical (unpaired) electrons. The van der Waals surface area contributed by atoms with E-state index in [2.05, 4.69) is 15.0 Å². The monoisotopic (exact) mass is 404 g/mol. The first-order chi connectivity index (χ1) is 13.0. The van der Waals surface area contributed by atoms with Gasteiger partial charge in [0.2, 0.25) is 5.91 Å². The van der Waals surface area contributed by atoms with Gasteiger partial charge in [0.25, 0.3) is 5.56 Å². The van der Waals surface area contributed by atoms with Crippen molar-refractivity contribution in [2.24, 2.45) is 0 Å². The summed E-state index contributed by atoms with van der Waals surface area (Å²) in [6.45, 7) is -0.219.